The first kappa shape index (κ1) is 12.5. The molecule has 0 aliphatic heterocycles. The zero-order valence-corrected chi connectivity index (χ0v) is 11.0. The molecule has 0 spiro atoms. The van der Waals surface area contributed by atoms with Crippen LogP contribution in [0.15, 0.2) is 24.8 Å². The van der Waals surface area contributed by atoms with Crippen molar-refractivity contribution in [3.63, 3.8) is 0 Å². The Morgan fingerprint density at radius 2 is 2.35 bits per heavy atom. The van der Waals surface area contributed by atoms with Gasteiger partial charge in [0.2, 0.25) is 0 Å². The zero-order valence-electron chi connectivity index (χ0n) is 11.0. The molecular formula is C13H15N7. The molecule has 2 heterocycles. The van der Waals surface area contributed by atoms with Gasteiger partial charge in [-0.25, -0.2) is 9.97 Å². The van der Waals surface area contributed by atoms with Gasteiger partial charge in [0, 0.05) is 24.8 Å². The van der Waals surface area contributed by atoms with Crippen LogP contribution in [-0.2, 0) is 6.54 Å². The van der Waals surface area contributed by atoms with Crippen LogP contribution in [0, 0.1) is 17.2 Å². The number of hydrogen-bond acceptors (Lipinski definition) is 6. The third-order valence-corrected chi connectivity index (χ3v) is 3.67. The van der Waals surface area contributed by atoms with Crippen molar-refractivity contribution < 1.29 is 0 Å². The van der Waals surface area contributed by atoms with E-state index in [-0.39, 0.29) is 0 Å². The van der Waals surface area contributed by atoms with Crippen molar-refractivity contribution in [3.05, 3.63) is 30.5 Å². The molecule has 1 fully saturated rings. The van der Waals surface area contributed by atoms with E-state index in [4.69, 9.17) is 5.26 Å². The predicted octanol–water partition coefficient (Wildman–Crippen LogP) is 1.22. The average Bonchev–Trinajstić information content (AvgIpc) is 3.12. The Kier molecular flexibility index (Phi) is 3.54. The quantitative estimate of drug-likeness (QED) is 0.897. The Labute approximate surface area is 116 Å². The van der Waals surface area contributed by atoms with E-state index in [9.17, 15) is 0 Å². The van der Waals surface area contributed by atoms with Crippen LogP contribution in [0.1, 0.15) is 25.0 Å². The molecule has 0 radical (unpaired) electrons. The number of nitrogens with zero attached hydrogens (tertiary/aromatic N) is 6. The molecule has 2 aromatic heterocycles. The lowest BCUT2D eigenvalue weighted by Gasteiger charge is -2.21. The van der Waals surface area contributed by atoms with E-state index < -0.39 is 0 Å². The van der Waals surface area contributed by atoms with Crippen LogP contribution in [0.4, 0.5) is 5.82 Å². The van der Waals surface area contributed by atoms with E-state index in [1.807, 2.05) is 16.9 Å². The standard InChI is InChI=1S/C13H15N7/c14-7-11-6-13(16-9-15-11)18-12-3-1-2-10(12)8-20-5-4-17-19-20/h4-6,9-10,12H,1-3,8H2,(H,15,16,18)/t10-,12-/m1/s1. The summed E-state index contributed by atoms with van der Waals surface area (Å²) in [7, 11) is 0. The van der Waals surface area contributed by atoms with Gasteiger partial charge in [0.15, 0.2) is 0 Å². The maximum atomic E-state index is 8.86. The largest absolute Gasteiger partial charge is 0.367 e. The molecular weight excluding hydrogens is 254 g/mol. The second-order valence-electron chi connectivity index (χ2n) is 4.97. The number of anilines is 1. The Balaban J connectivity index is 1.68. The van der Waals surface area contributed by atoms with E-state index in [1.165, 1.54) is 12.7 Å². The van der Waals surface area contributed by atoms with Crippen molar-refractivity contribution in [1.29, 1.82) is 5.26 Å². The minimum Gasteiger partial charge on any atom is -0.367 e. The fourth-order valence-corrected chi connectivity index (χ4v) is 2.70. The van der Waals surface area contributed by atoms with Crippen LogP contribution >= 0.6 is 0 Å². The molecule has 0 aromatic carbocycles. The van der Waals surface area contributed by atoms with Gasteiger partial charge < -0.3 is 5.32 Å². The number of nitriles is 1. The molecule has 1 saturated carbocycles. The second kappa shape index (κ2) is 5.65. The highest BCUT2D eigenvalue weighted by molar-refractivity contribution is 5.39. The van der Waals surface area contributed by atoms with Crippen LogP contribution in [-0.4, -0.2) is 31.0 Å². The summed E-state index contributed by atoms with van der Waals surface area (Å²) in [5.74, 6) is 1.21. The summed E-state index contributed by atoms with van der Waals surface area (Å²) in [5.41, 5.74) is 0.383. The van der Waals surface area contributed by atoms with Crippen LogP contribution in [0.3, 0.4) is 0 Å². The lowest BCUT2D eigenvalue weighted by atomic mass is 10.0. The lowest BCUT2D eigenvalue weighted by Crippen LogP contribution is -2.28. The maximum Gasteiger partial charge on any atom is 0.145 e. The van der Waals surface area contributed by atoms with E-state index in [0.717, 1.165) is 19.4 Å². The Morgan fingerprint density at radius 1 is 1.40 bits per heavy atom. The molecule has 0 unspecified atom stereocenters. The molecule has 1 N–H and O–H groups in total. The molecule has 20 heavy (non-hydrogen) atoms. The van der Waals surface area contributed by atoms with E-state index >= 15 is 0 Å². The first-order valence-corrected chi connectivity index (χ1v) is 6.68. The number of nitrogens with one attached hydrogen (secondary N) is 1. The van der Waals surface area contributed by atoms with Crippen molar-refractivity contribution in [2.24, 2.45) is 5.92 Å². The van der Waals surface area contributed by atoms with Crippen molar-refractivity contribution in [3.8, 4) is 6.07 Å². The van der Waals surface area contributed by atoms with E-state index in [2.05, 4.69) is 25.6 Å². The van der Waals surface area contributed by atoms with Crippen LogP contribution in [0.5, 0.6) is 0 Å². The van der Waals surface area contributed by atoms with Gasteiger partial charge in [-0.3, -0.25) is 4.68 Å². The minimum absolute atomic E-state index is 0.348. The summed E-state index contributed by atoms with van der Waals surface area (Å²) < 4.78 is 1.87. The molecule has 2 aromatic rings. The van der Waals surface area contributed by atoms with Crippen molar-refractivity contribution >= 4 is 5.82 Å². The topological polar surface area (TPSA) is 92.3 Å². The first-order valence-electron chi connectivity index (χ1n) is 6.68. The second-order valence-corrected chi connectivity index (χ2v) is 4.97. The molecule has 0 amide bonds. The fraction of sp³-hybridized carbons (Fsp3) is 0.462. The van der Waals surface area contributed by atoms with E-state index in [1.54, 1.807) is 12.3 Å². The molecule has 2 atom stereocenters. The summed E-state index contributed by atoms with van der Waals surface area (Å²) in [5, 5.41) is 20.1. The fourth-order valence-electron chi connectivity index (χ4n) is 2.70. The maximum absolute atomic E-state index is 8.86. The number of aromatic nitrogens is 5. The molecule has 1 aliphatic carbocycles. The summed E-state index contributed by atoms with van der Waals surface area (Å²) in [6.07, 6.45) is 8.45. The molecule has 3 rings (SSSR count). The third kappa shape index (κ3) is 2.74. The summed E-state index contributed by atoms with van der Waals surface area (Å²) in [4.78, 5) is 8.05. The molecule has 102 valence electrons. The SMILES string of the molecule is N#Cc1cc(N[C@@H]2CCC[C@@H]2Cn2ccnn2)ncn1. The van der Waals surface area contributed by atoms with Crippen LogP contribution < -0.4 is 5.32 Å². The molecule has 0 saturated heterocycles. The highest BCUT2D eigenvalue weighted by atomic mass is 15.4. The first-order chi connectivity index (χ1) is 9.85. The van der Waals surface area contributed by atoms with Gasteiger partial charge in [-0.2, -0.15) is 5.26 Å². The monoisotopic (exact) mass is 269 g/mol. The van der Waals surface area contributed by atoms with Gasteiger partial charge in [-0.1, -0.05) is 11.6 Å². The predicted molar refractivity (Wildman–Crippen MR) is 71.5 cm³/mol. The van der Waals surface area contributed by atoms with Gasteiger partial charge in [0.25, 0.3) is 0 Å². The normalized spacial score (nSPS) is 21.6. The van der Waals surface area contributed by atoms with Gasteiger partial charge in [0.1, 0.15) is 23.9 Å². The Morgan fingerprint density at radius 3 is 3.15 bits per heavy atom. The lowest BCUT2D eigenvalue weighted by molar-refractivity contribution is 0.398. The highest BCUT2D eigenvalue weighted by Crippen LogP contribution is 2.29. The molecule has 0 bridgehead atoms. The summed E-state index contributed by atoms with van der Waals surface area (Å²) in [6, 6.07) is 4.06. The van der Waals surface area contributed by atoms with Gasteiger partial charge in [-0.05, 0) is 18.8 Å². The van der Waals surface area contributed by atoms with Crippen LogP contribution in [0.25, 0.3) is 0 Å². The van der Waals surface area contributed by atoms with Gasteiger partial charge in [0.05, 0.1) is 6.20 Å². The smallest absolute Gasteiger partial charge is 0.145 e. The van der Waals surface area contributed by atoms with Crippen molar-refractivity contribution in [2.75, 3.05) is 5.32 Å². The van der Waals surface area contributed by atoms with Crippen LogP contribution in [0.2, 0.25) is 0 Å². The zero-order chi connectivity index (χ0) is 13.8. The van der Waals surface area contributed by atoms with Gasteiger partial charge in [-0.15, -0.1) is 5.10 Å². The van der Waals surface area contributed by atoms with Crippen molar-refractivity contribution in [2.45, 2.75) is 31.8 Å². The third-order valence-electron chi connectivity index (χ3n) is 3.67. The summed E-state index contributed by atoms with van der Waals surface area (Å²) in [6.45, 7) is 0.855. The molecule has 7 heteroatoms. The molecule has 1 aliphatic rings. The highest BCUT2D eigenvalue weighted by Gasteiger charge is 2.28. The van der Waals surface area contributed by atoms with Crippen molar-refractivity contribution in [1.82, 2.24) is 25.0 Å². The Hall–Kier alpha value is -2.49. The average molecular weight is 269 g/mol. The van der Waals surface area contributed by atoms with Gasteiger partial charge >= 0.3 is 0 Å². The van der Waals surface area contributed by atoms with E-state index in [0.29, 0.717) is 23.5 Å². The summed E-state index contributed by atoms with van der Waals surface area (Å²) >= 11 is 0. The number of hydrogen-bond donors (Lipinski definition) is 1. The number of rotatable bonds is 4. The Bertz CT molecular complexity index is 601. The molecule has 7 nitrogen and oxygen atoms in total. The minimum atomic E-state index is 0.348.